The Hall–Kier alpha value is 0.160. The van der Waals surface area contributed by atoms with Gasteiger partial charge in [-0.15, -0.1) is 11.6 Å². The molecule has 6 heteroatoms. The summed E-state index contributed by atoms with van der Waals surface area (Å²) in [6.07, 6.45) is 3.35. The van der Waals surface area contributed by atoms with Crippen molar-refractivity contribution in [3.05, 3.63) is 0 Å². The van der Waals surface area contributed by atoms with Crippen molar-refractivity contribution in [1.82, 2.24) is 4.72 Å². The van der Waals surface area contributed by atoms with Crippen LogP contribution in [-0.2, 0) is 14.8 Å². The monoisotopic (exact) mass is 269 g/mol. The van der Waals surface area contributed by atoms with E-state index in [2.05, 4.69) is 4.72 Å². The van der Waals surface area contributed by atoms with Gasteiger partial charge in [0.15, 0.2) is 0 Å². The van der Waals surface area contributed by atoms with Crippen LogP contribution in [0.25, 0.3) is 0 Å². The number of nitrogens with one attached hydrogen (secondary N) is 1. The Morgan fingerprint density at radius 3 is 2.69 bits per heavy atom. The van der Waals surface area contributed by atoms with Gasteiger partial charge in [0, 0.05) is 19.5 Å². The molecule has 0 spiro atoms. The van der Waals surface area contributed by atoms with E-state index in [1.54, 1.807) is 0 Å². The van der Waals surface area contributed by atoms with Crippen LogP contribution in [0.2, 0.25) is 0 Å². The molecule has 2 unspecified atom stereocenters. The first-order valence-corrected chi connectivity index (χ1v) is 7.80. The highest BCUT2D eigenvalue weighted by Gasteiger charge is 2.27. The van der Waals surface area contributed by atoms with Crippen LogP contribution in [-0.4, -0.2) is 40.3 Å². The molecule has 96 valence electrons. The molecule has 2 atom stereocenters. The number of halogens is 1. The van der Waals surface area contributed by atoms with Crippen LogP contribution in [0.5, 0.6) is 0 Å². The zero-order valence-electron chi connectivity index (χ0n) is 9.62. The standard InChI is InChI=1S/C10H20ClNO3S/c1-15-5-6-16(13,14)12-8-10-4-2-3-9(10)7-11/h9-10,12H,2-8H2,1H3. The summed E-state index contributed by atoms with van der Waals surface area (Å²) in [5, 5.41) is 0. The van der Waals surface area contributed by atoms with Crippen molar-refractivity contribution in [3.63, 3.8) is 0 Å². The van der Waals surface area contributed by atoms with Crippen LogP contribution < -0.4 is 4.72 Å². The molecular weight excluding hydrogens is 250 g/mol. The molecule has 1 fully saturated rings. The summed E-state index contributed by atoms with van der Waals surface area (Å²) in [4.78, 5) is 0. The number of alkyl halides is 1. The third-order valence-corrected chi connectivity index (χ3v) is 4.84. The molecule has 0 saturated heterocycles. The molecular formula is C10H20ClNO3S. The smallest absolute Gasteiger partial charge is 0.213 e. The fourth-order valence-electron chi connectivity index (χ4n) is 2.08. The number of hydrogen-bond donors (Lipinski definition) is 1. The van der Waals surface area contributed by atoms with Crippen LogP contribution in [0.1, 0.15) is 19.3 Å². The van der Waals surface area contributed by atoms with Gasteiger partial charge >= 0.3 is 0 Å². The molecule has 4 nitrogen and oxygen atoms in total. The molecule has 1 N–H and O–H groups in total. The lowest BCUT2D eigenvalue weighted by atomic mass is 9.98. The summed E-state index contributed by atoms with van der Waals surface area (Å²) in [5.74, 6) is 1.52. The van der Waals surface area contributed by atoms with E-state index in [0.717, 1.165) is 19.3 Å². The highest BCUT2D eigenvalue weighted by molar-refractivity contribution is 7.89. The molecule has 1 aliphatic carbocycles. The maximum atomic E-state index is 11.5. The molecule has 0 aromatic carbocycles. The van der Waals surface area contributed by atoms with Gasteiger partial charge < -0.3 is 4.74 Å². The van der Waals surface area contributed by atoms with E-state index in [4.69, 9.17) is 16.3 Å². The zero-order chi connectivity index (χ0) is 12.0. The van der Waals surface area contributed by atoms with E-state index in [1.807, 2.05) is 0 Å². The predicted octanol–water partition coefficient (Wildman–Crippen LogP) is 1.21. The Balaban J connectivity index is 2.33. The highest BCUT2D eigenvalue weighted by Crippen LogP contribution is 2.31. The lowest BCUT2D eigenvalue weighted by Gasteiger charge is -2.17. The van der Waals surface area contributed by atoms with Gasteiger partial charge in [-0.1, -0.05) is 6.42 Å². The molecule has 16 heavy (non-hydrogen) atoms. The van der Waals surface area contributed by atoms with E-state index >= 15 is 0 Å². The van der Waals surface area contributed by atoms with E-state index < -0.39 is 10.0 Å². The zero-order valence-corrected chi connectivity index (χ0v) is 11.2. The minimum atomic E-state index is -3.18. The molecule has 1 aliphatic rings. The summed E-state index contributed by atoms with van der Waals surface area (Å²) < 4.78 is 30.4. The molecule has 1 rings (SSSR count). The van der Waals surface area contributed by atoms with Crippen molar-refractivity contribution in [2.24, 2.45) is 11.8 Å². The van der Waals surface area contributed by atoms with Gasteiger partial charge in [-0.3, -0.25) is 0 Å². The number of methoxy groups -OCH3 is 1. The molecule has 0 bridgehead atoms. The predicted molar refractivity (Wildman–Crippen MR) is 65.2 cm³/mol. The first-order chi connectivity index (χ1) is 7.59. The number of sulfonamides is 1. The molecule has 0 aromatic heterocycles. The fraction of sp³-hybridized carbons (Fsp3) is 1.00. The Bertz CT molecular complexity index is 294. The van der Waals surface area contributed by atoms with Gasteiger partial charge in [-0.25, -0.2) is 13.1 Å². The Morgan fingerprint density at radius 1 is 1.38 bits per heavy atom. The number of hydrogen-bond acceptors (Lipinski definition) is 3. The lowest BCUT2D eigenvalue weighted by molar-refractivity contribution is 0.216. The van der Waals surface area contributed by atoms with Crippen LogP contribution in [0.15, 0.2) is 0 Å². The molecule has 0 radical (unpaired) electrons. The van der Waals surface area contributed by atoms with E-state index in [1.165, 1.54) is 7.11 Å². The second-order valence-corrected chi connectivity index (χ2v) is 6.50. The lowest BCUT2D eigenvalue weighted by Crippen LogP contribution is -2.33. The Kier molecular flexibility index (Phi) is 6.03. The van der Waals surface area contributed by atoms with Crippen LogP contribution in [0, 0.1) is 11.8 Å². The van der Waals surface area contributed by atoms with Crippen molar-refractivity contribution in [2.75, 3.05) is 31.9 Å². The third kappa shape index (κ3) is 4.57. The second-order valence-electron chi connectivity index (χ2n) is 4.27. The Labute approximate surface area is 103 Å². The SMILES string of the molecule is COCCS(=O)(=O)NCC1CCCC1CCl. The minimum absolute atomic E-state index is 0.0295. The average molecular weight is 270 g/mol. The largest absolute Gasteiger partial charge is 0.384 e. The average Bonchev–Trinajstić information content (AvgIpc) is 2.71. The third-order valence-electron chi connectivity index (χ3n) is 3.14. The summed E-state index contributed by atoms with van der Waals surface area (Å²) >= 11 is 5.84. The van der Waals surface area contributed by atoms with Crippen molar-refractivity contribution in [3.8, 4) is 0 Å². The van der Waals surface area contributed by atoms with Crippen LogP contribution in [0.3, 0.4) is 0 Å². The van der Waals surface area contributed by atoms with Gasteiger partial charge in [0.1, 0.15) is 0 Å². The van der Waals surface area contributed by atoms with E-state index in [-0.39, 0.29) is 12.4 Å². The Morgan fingerprint density at radius 2 is 2.06 bits per heavy atom. The molecule has 0 aromatic rings. The molecule has 1 saturated carbocycles. The van der Waals surface area contributed by atoms with Crippen molar-refractivity contribution >= 4 is 21.6 Å². The van der Waals surface area contributed by atoms with Crippen molar-refractivity contribution in [2.45, 2.75) is 19.3 Å². The highest BCUT2D eigenvalue weighted by atomic mass is 35.5. The normalized spacial score (nSPS) is 26.1. The van der Waals surface area contributed by atoms with Gasteiger partial charge in [-0.05, 0) is 24.7 Å². The number of rotatable bonds is 7. The van der Waals surface area contributed by atoms with Crippen LogP contribution in [0.4, 0.5) is 0 Å². The van der Waals surface area contributed by atoms with Gasteiger partial charge in [-0.2, -0.15) is 0 Å². The first-order valence-electron chi connectivity index (χ1n) is 5.61. The molecule has 0 aliphatic heterocycles. The molecule has 0 heterocycles. The topological polar surface area (TPSA) is 55.4 Å². The van der Waals surface area contributed by atoms with Gasteiger partial charge in [0.2, 0.25) is 10.0 Å². The van der Waals surface area contributed by atoms with Crippen molar-refractivity contribution < 1.29 is 13.2 Å². The van der Waals surface area contributed by atoms with E-state index in [0.29, 0.717) is 24.3 Å². The first kappa shape index (κ1) is 14.2. The van der Waals surface area contributed by atoms with E-state index in [9.17, 15) is 8.42 Å². The number of ether oxygens (including phenoxy) is 1. The summed E-state index contributed by atoms with van der Waals surface area (Å²) in [5.41, 5.74) is 0. The summed E-state index contributed by atoms with van der Waals surface area (Å²) in [6, 6.07) is 0. The molecule has 0 amide bonds. The maximum absolute atomic E-state index is 11.5. The summed E-state index contributed by atoms with van der Waals surface area (Å²) in [6.45, 7) is 0.752. The minimum Gasteiger partial charge on any atom is -0.384 e. The summed E-state index contributed by atoms with van der Waals surface area (Å²) in [7, 11) is -1.68. The van der Waals surface area contributed by atoms with Crippen molar-refractivity contribution in [1.29, 1.82) is 0 Å². The second kappa shape index (κ2) is 6.79. The maximum Gasteiger partial charge on any atom is 0.213 e. The van der Waals surface area contributed by atoms with Crippen LogP contribution >= 0.6 is 11.6 Å². The fourth-order valence-corrected chi connectivity index (χ4v) is 3.49. The quantitative estimate of drug-likeness (QED) is 0.707. The van der Waals surface area contributed by atoms with Gasteiger partial charge in [0.05, 0.1) is 12.4 Å². The van der Waals surface area contributed by atoms with Gasteiger partial charge in [0.25, 0.3) is 0 Å².